The summed E-state index contributed by atoms with van der Waals surface area (Å²) < 4.78 is 47.3. The number of nitrogens with two attached hydrogens (primary N) is 2. The van der Waals surface area contributed by atoms with Crippen LogP contribution in [0.2, 0.25) is 0 Å². The Hall–Kier alpha value is -8.44. The van der Waals surface area contributed by atoms with Gasteiger partial charge in [0.1, 0.15) is 41.2 Å². The van der Waals surface area contributed by atoms with Crippen molar-refractivity contribution in [3.63, 3.8) is 0 Å². The van der Waals surface area contributed by atoms with E-state index < -0.39 is 119 Å². The molecular weight excluding hydrogens is 1050 g/mol. The van der Waals surface area contributed by atoms with E-state index in [0.29, 0.717) is 5.56 Å². The van der Waals surface area contributed by atoms with Crippen molar-refractivity contribution >= 4 is 59.3 Å². The number of primary amides is 2. The van der Waals surface area contributed by atoms with Crippen LogP contribution in [-0.4, -0.2) is 125 Å². The number of nitrogens with zero attached hydrogens (tertiary/aromatic N) is 4. The third kappa shape index (κ3) is 20.3. The van der Waals surface area contributed by atoms with Crippen molar-refractivity contribution in [1.82, 2.24) is 35.7 Å². The van der Waals surface area contributed by atoms with Gasteiger partial charge in [0.25, 0.3) is 11.8 Å². The molecule has 8 N–H and O–H groups in total. The summed E-state index contributed by atoms with van der Waals surface area (Å²) in [5.41, 5.74) is 10.6. The van der Waals surface area contributed by atoms with E-state index in [1.54, 1.807) is 57.5 Å². The summed E-state index contributed by atoms with van der Waals surface area (Å²) in [5.74, 6) is -6.95. The Morgan fingerprint density at radius 3 is 2.06 bits per heavy atom. The Bertz CT molecular complexity index is 2850. The molecule has 0 aliphatic rings. The lowest BCUT2D eigenvalue weighted by Gasteiger charge is -2.40. The smallest absolute Gasteiger partial charge is 0.408 e. The number of amides is 8. The number of rotatable bonds is 27. The predicted molar refractivity (Wildman–Crippen MR) is 295 cm³/mol. The number of hydrogen-bond acceptors (Lipinski definition) is 13. The van der Waals surface area contributed by atoms with E-state index in [2.05, 4.69) is 21.3 Å². The number of aromatic nitrogens is 2. The largest absolute Gasteiger partial charge is 0.469 e. The lowest BCUT2D eigenvalue weighted by atomic mass is 9.84. The molecular formula is C57H76F2N10O12. The molecule has 81 heavy (non-hydrogen) atoms. The molecule has 0 bridgehead atoms. The average Bonchev–Trinajstić information content (AvgIpc) is 4.03. The number of carbonyl (C=O) groups is 9. The number of ether oxygens (including phenoxy) is 3. The fraction of sp³-hybridized carbons (Fsp3) is 0.474. The van der Waals surface area contributed by atoms with Gasteiger partial charge >= 0.3 is 24.1 Å². The number of hydrogen-bond donors (Lipinski definition) is 6. The van der Waals surface area contributed by atoms with Crippen LogP contribution < -0.4 is 37.6 Å². The quantitative estimate of drug-likeness (QED) is 0.0250. The third-order valence-corrected chi connectivity index (χ3v) is 12.5. The van der Waals surface area contributed by atoms with Crippen LogP contribution in [0.3, 0.4) is 0 Å². The molecule has 24 heteroatoms. The van der Waals surface area contributed by atoms with Crippen LogP contribution in [0.5, 0.6) is 0 Å². The molecule has 1 aromatic heterocycles. The second-order valence-corrected chi connectivity index (χ2v) is 21.7. The maximum absolute atomic E-state index is 15.4. The van der Waals surface area contributed by atoms with Crippen molar-refractivity contribution < 1.29 is 66.1 Å². The molecule has 440 valence electrons. The number of esters is 2. The Balaban J connectivity index is 1.67. The summed E-state index contributed by atoms with van der Waals surface area (Å²) in [6.45, 7) is 13.6. The maximum atomic E-state index is 15.4. The number of nitrogens with one attached hydrogen (secondary N) is 4. The van der Waals surface area contributed by atoms with E-state index in [1.807, 2.05) is 51.1 Å². The first-order valence-corrected chi connectivity index (χ1v) is 26.4. The molecule has 0 fully saturated rings. The standard InChI is InChI=1S/C57H76F2N10O12/c1-34(2)48(53(76)69(44(50(60)74)17-14-26-63-54(61)77)39-21-18-36(19-22-39)29-47(73)79-10)66-45(71)24-27-62-52(75)42(65-55(78)81-57(7,8)9)25-28-68(46(72)33-80-35(3)70)49(56(4,5)6)51-64-43(40-30-38(58)20-23-41(40)59)32-67(51)31-37-15-12-11-13-16-37/h11-13,15-16,18-23,30,32,34,42,44,48-49H,14,17,24-29,31,33H2,1-10H3,(H2,60,74)(H,62,75)(H,65,78)(H,66,71)(H3,61,63,77)/t42-,44-,48-,49-/m0/s1. The zero-order valence-corrected chi connectivity index (χ0v) is 47.6. The fourth-order valence-electron chi connectivity index (χ4n) is 8.71. The number of halogens is 2. The Morgan fingerprint density at radius 2 is 1.48 bits per heavy atom. The molecule has 0 spiro atoms. The lowest BCUT2D eigenvalue weighted by molar-refractivity contribution is -0.153. The summed E-state index contributed by atoms with van der Waals surface area (Å²) in [4.78, 5) is 127. The SMILES string of the molecule is COC(=O)Cc1ccc(N(C(=O)[C@@H](NC(=O)CCNC(=O)[C@H](CCN(C(=O)COC(C)=O)[C@@H](c2nc(-c3cc(F)ccc3F)cn2Cc2ccccc2)C(C)(C)C)NC(=O)OC(C)(C)C)C(C)C)[C@@H](CCCNC(N)=O)C(N)=O)cc1. The molecule has 0 aliphatic heterocycles. The van der Waals surface area contributed by atoms with Crippen LogP contribution in [0.25, 0.3) is 11.3 Å². The average molecular weight is 1130 g/mol. The van der Waals surface area contributed by atoms with Crippen molar-refractivity contribution in [2.24, 2.45) is 22.8 Å². The number of alkyl carbamates (subject to hydrolysis) is 1. The van der Waals surface area contributed by atoms with E-state index in [1.165, 1.54) is 24.1 Å². The summed E-state index contributed by atoms with van der Waals surface area (Å²) in [5, 5.41) is 10.4. The first-order valence-electron chi connectivity index (χ1n) is 26.4. The van der Waals surface area contributed by atoms with Crippen molar-refractivity contribution in [3.8, 4) is 11.3 Å². The number of imidazole rings is 1. The van der Waals surface area contributed by atoms with Gasteiger partial charge in [0.05, 0.1) is 25.3 Å². The molecule has 8 amide bonds. The second-order valence-electron chi connectivity index (χ2n) is 21.7. The van der Waals surface area contributed by atoms with Crippen LogP contribution in [0, 0.1) is 23.0 Å². The summed E-state index contributed by atoms with van der Waals surface area (Å²) in [6, 6.07) is 12.5. The van der Waals surface area contributed by atoms with E-state index in [9.17, 15) is 47.5 Å². The van der Waals surface area contributed by atoms with Gasteiger partial charge in [0, 0.05) is 57.0 Å². The zero-order valence-electron chi connectivity index (χ0n) is 47.6. The van der Waals surface area contributed by atoms with Gasteiger partial charge in [-0.1, -0.05) is 77.1 Å². The molecule has 4 rings (SSSR count). The number of carbonyl (C=O) groups excluding carboxylic acids is 9. The minimum absolute atomic E-state index is 0.0269. The molecule has 1 heterocycles. The third-order valence-electron chi connectivity index (χ3n) is 12.5. The van der Waals surface area contributed by atoms with Crippen molar-refractivity contribution in [1.29, 1.82) is 0 Å². The van der Waals surface area contributed by atoms with Gasteiger partial charge in [-0.3, -0.25) is 38.5 Å². The molecule has 0 radical (unpaired) electrons. The van der Waals surface area contributed by atoms with E-state index in [0.717, 1.165) is 35.6 Å². The zero-order chi connectivity index (χ0) is 60.4. The van der Waals surface area contributed by atoms with Crippen molar-refractivity contribution in [2.45, 2.75) is 131 Å². The topological polar surface area (TPSA) is 306 Å². The van der Waals surface area contributed by atoms with Crippen LogP contribution in [0.1, 0.15) is 111 Å². The molecule has 4 atom stereocenters. The molecule has 0 unspecified atom stereocenters. The monoisotopic (exact) mass is 1130 g/mol. The number of anilines is 1. The number of urea groups is 1. The number of methoxy groups -OCH3 is 1. The van der Waals surface area contributed by atoms with Gasteiger partial charge in [0.15, 0.2) is 6.61 Å². The molecule has 0 saturated carbocycles. The molecule has 3 aromatic carbocycles. The Labute approximate surface area is 470 Å². The van der Waals surface area contributed by atoms with Gasteiger partial charge in [-0.2, -0.15) is 0 Å². The fourth-order valence-corrected chi connectivity index (χ4v) is 8.71. The normalized spacial score (nSPS) is 12.9. The van der Waals surface area contributed by atoms with E-state index >= 15 is 4.39 Å². The Morgan fingerprint density at radius 1 is 0.815 bits per heavy atom. The highest BCUT2D eigenvalue weighted by molar-refractivity contribution is 6.04. The van der Waals surface area contributed by atoms with E-state index in [-0.39, 0.29) is 74.6 Å². The number of benzene rings is 3. The minimum Gasteiger partial charge on any atom is -0.469 e. The molecule has 4 aromatic rings. The highest BCUT2D eigenvalue weighted by Crippen LogP contribution is 2.40. The molecule has 22 nitrogen and oxygen atoms in total. The molecule has 0 saturated heterocycles. The predicted octanol–water partition coefficient (Wildman–Crippen LogP) is 5.34. The summed E-state index contributed by atoms with van der Waals surface area (Å²) in [7, 11) is 1.24. The van der Waals surface area contributed by atoms with E-state index in [4.69, 9.17) is 30.7 Å². The highest BCUT2D eigenvalue weighted by Gasteiger charge is 2.40. The Kier molecular flexibility index (Phi) is 23.8. The summed E-state index contributed by atoms with van der Waals surface area (Å²) >= 11 is 0. The van der Waals surface area contributed by atoms with Crippen LogP contribution in [-0.2, 0) is 60.7 Å². The minimum atomic E-state index is -1.45. The lowest BCUT2D eigenvalue weighted by Crippen LogP contribution is -2.57. The van der Waals surface area contributed by atoms with Crippen molar-refractivity contribution in [2.75, 3.05) is 38.3 Å². The second kappa shape index (κ2) is 29.7. The van der Waals surface area contributed by atoms with Gasteiger partial charge in [-0.15, -0.1) is 0 Å². The van der Waals surface area contributed by atoms with Gasteiger partial charge in [-0.05, 0) is 92.8 Å². The van der Waals surface area contributed by atoms with Gasteiger partial charge < -0.3 is 56.4 Å². The van der Waals surface area contributed by atoms with Gasteiger partial charge in [-0.25, -0.2) is 23.4 Å². The summed E-state index contributed by atoms with van der Waals surface area (Å²) in [6.07, 6.45) is -0.0956. The van der Waals surface area contributed by atoms with Gasteiger partial charge in [0.2, 0.25) is 17.7 Å². The first-order chi connectivity index (χ1) is 38.0. The van der Waals surface area contributed by atoms with Crippen LogP contribution in [0.15, 0.2) is 79.0 Å². The highest BCUT2D eigenvalue weighted by atomic mass is 19.1. The molecule has 0 aliphatic carbocycles. The first kappa shape index (κ1) is 65.1. The van der Waals surface area contributed by atoms with Crippen LogP contribution >= 0.6 is 0 Å². The van der Waals surface area contributed by atoms with Crippen LogP contribution in [0.4, 0.5) is 24.1 Å². The maximum Gasteiger partial charge on any atom is 0.408 e. The van der Waals surface area contributed by atoms with Crippen molar-refractivity contribution in [3.05, 3.63) is 108 Å².